The molecule has 194 valence electrons. The number of rotatable bonds is 6. The van der Waals surface area contributed by atoms with E-state index in [0.717, 1.165) is 40.7 Å². The highest BCUT2D eigenvalue weighted by Gasteiger charge is 2.43. The van der Waals surface area contributed by atoms with Crippen molar-refractivity contribution in [3.05, 3.63) is 41.5 Å². The summed E-state index contributed by atoms with van der Waals surface area (Å²) < 4.78 is 31.7. The number of hydrogen-bond acceptors (Lipinski definition) is 12. The standard InChI is InChI=1S/C25H22O12/c1-11(26)32-17-9-20(35-14(4)29)22-21(10-17)37-24(25(23(22)31)36-15(5)30)16-6-7-18(33-12(2)27)19(8-16)34-13(3)28/h6-10,24-25H,1-5H3/t24-,25+/m1/s1. The van der Waals surface area contributed by atoms with Gasteiger partial charge in [-0.15, -0.1) is 0 Å². The Hall–Kier alpha value is -4.74. The van der Waals surface area contributed by atoms with E-state index in [1.165, 1.54) is 24.3 Å². The lowest BCUT2D eigenvalue weighted by molar-refractivity contribution is -0.149. The number of esters is 5. The number of benzene rings is 2. The summed E-state index contributed by atoms with van der Waals surface area (Å²) in [4.78, 5) is 71.6. The molecule has 1 aliphatic rings. The molecule has 37 heavy (non-hydrogen) atoms. The minimum atomic E-state index is -1.55. The molecule has 0 spiro atoms. The van der Waals surface area contributed by atoms with Gasteiger partial charge in [-0.2, -0.15) is 0 Å². The van der Waals surface area contributed by atoms with Gasteiger partial charge in [-0.1, -0.05) is 6.07 Å². The highest BCUT2D eigenvalue weighted by Crippen LogP contribution is 2.45. The summed E-state index contributed by atoms with van der Waals surface area (Å²) in [5.41, 5.74) is -0.0188. The van der Waals surface area contributed by atoms with Gasteiger partial charge in [0, 0.05) is 52.3 Å². The molecule has 3 rings (SSSR count). The number of ether oxygens (including phenoxy) is 6. The summed E-state index contributed by atoms with van der Waals surface area (Å²) in [7, 11) is 0. The molecule has 0 N–H and O–H groups in total. The zero-order chi connectivity index (χ0) is 27.4. The summed E-state index contributed by atoms with van der Waals surface area (Å²) in [6, 6.07) is 6.39. The molecule has 0 aromatic heterocycles. The Kier molecular flexibility index (Phi) is 7.91. The molecule has 12 nitrogen and oxygen atoms in total. The number of hydrogen-bond donors (Lipinski definition) is 0. The van der Waals surface area contributed by atoms with Gasteiger partial charge in [-0.3, -0.25) is 28.8 Å². The van der Waals surface area contributed by atoms with Crippen molar-refractivity contribution in [1.82, 2.24) is 0 Å². The van der Waals surface area contributed by atoms with Crippen LogP contribution < -0.4 is 23.7 Å². The van der Waals surface area contributed by atoms with Crippen molar-refractivity contribution >= 4 is 35.6 Å². The number of carbonyl (C=O) groups excluding carboxylic acids is 6. The van der Waals surface area contributed by atoms with Gasteiger partial charge in [-0.05, 0) is 12.1 Å². The monoisotopic (exact) mass is 514 g/mol. The molecule has 0 fully saturated rings. The molecule has 0 radical (unpaired) electrons. The first-order valence-corrected chi connectivity index (χ1v) is 10.8. The average Bonchev–Trinajstić information content (AvgIpc) is 2.74. The first-order valence-electron chi connectivity index (χ1n) is 10.8. The molecule has 1 heterocycles. The van der Waals surface area contributed by atoms with Gasteiger partial charge in [-0.25, -0.2) is 0 Å². The topological polar surface area (TPSA) is 158 Å². The smallest absolute Gasteiger partial charge is 0.308 e. The van der Waals surface area contributed by atoms with E-state index in [9.17, 15) is 28.8 Å². The van der Waals surface area contributed by atoms with Crippen molar-refractivity contribution < 1.29 is 57.2 Å². The number of carbonyl (C=O) groups is 6. The van der Waals surface area contributed by atoms with Gasteiger partial charge in [0.05, 0.1) is 0 Å². The average molecular weight is 514 g/mol. The maximum atomic E-state index is 13.5. The van der Waals surface area contributed by atoms with Crippen LogP contribution in [0, 0.1) is 0 Å². The molecule has 1 aliphatic heterocycles. The van der Waals surface area contributed by atoms with Crippen LogP contribution in [0.3, 0.4) is 0 Å². The highest BCUT2D eigenvalue weighted by molar-refractivity contribution is 6.07. The van der Waals surface area contributed by atoms with Crippen molar-refractivity contribution in [2.24, 2.45) is 0 Å². The van der Waals surface area contributed by atoms with Crippen LogP contribution in [0.5, 0.6) is 28.7 Å². The lowest BCUT2D eigenvalue weighted by Crippen LogP contribution is -2.40. The fourth-order valence-corrected chi connectivity index (χ4v) is 3.55. The molecule has 0 saturated carbocycles. The third kappa shape index (κ3) is 6.48. The highest BCUT2D eigenvalue weighted by atomic mass is 16.6. The van der Waals surface area contributed by atoms with Crippen LogP contribution >= 0.6 is 0 Å². The second kappa shape index (κ2) is 10.9. The van der Waals surface area contributed by atoms with Gasteiger partial charge >= 0.3 is 29.8 Å². The Balaban J connectivity index is 2.18. The predicted molar refractivity (Wildman–Crippen MR) is 121 cm³/mol. The lowest BCUT2D eigenvalue weighted by Gasteiger charge is -2.33. The normalized spacial score (nSPS) is 16.0. The molecule has 0 bridgehead atoms. The minimum absolute atomic E-state index is 0.0766. The van der Waals surface area contributed by atoms with Crippen molar-refractivity contribution in [1.29, 1.82) is 0 Å². The Bertz CT molecular complexity index is 1310. The third-order valence-corrected chi connectivity index (χ3v) is 4.69. The zero-order valence-electron chi connectivity index (χ0n) is 20.4. The molecule has 2 aromatic rings. The van der Waals surface area contributed by atoms with E-state index in [1.54, 1.807) is 0 Å². The van der Waals surface area contributed by atoms with E-state index in [2.05, 4.69) is 0 Å². The Morgan fingerprint density at radius 3 is 1.81 bits per heavy atom. The van der Waals surface area contributed by atoms with E-state index in [1.807, 2.05) is 0 Å². The molecule has 0 amide bonds. The minimum Gasteiger partial charge on any atom is -0.480 e. The summed E-state index contributed by atoms with van der Waals surface area (Å²) >= 11 is 0. The maximum Gasteiger partial charge on any atom is 0.308 e. The van der Waals surface area contributed by atoms with Crippen molar-refractivity contribution in [3.63, 3.8) is 0 Å². The van der Waals surface area contributed by atoms with Crippen molar-refractivity contribution in [2.45, 2.75) is 46.8 Å². The Labute approximate surface area is 210 Å². The zero-order valence-corrected chi connectivity index (χ0v) is 20.4. The fraction of sp³-hybridized carbons (Fsp3) is 0.280. The molecule has 0 aliphatic carbocycles. The molecule has 0 saturated heterocycles. The number of fused-ring (bicyclic) bond motifs is 1. The molecular weight excluding hydrogens is 492 g/mol. The van der Waals surface area contributed by atoms with Crippen LogP contribution in [0.1, 0.15) is 56.6 Å². The van der Waals surface area contributed by atoms with Crippen LogP contribution in [-0.4, -0.2) is 41.7 Å². The number of Topliss-reactive ketones (excluding diaryl/α,β-unsaturated/α-hetero) is 1. The van der Waals surface area contributed by atoms with Crippen LogP contribution in [0.15, 0.2) is 30.3 Å². The van der Waals surface area contributed by atoms with Crippen LogP contribution in [0.25, 0.3) is 0 Å². The number of ketones is 1. The van der Waals surface area contributed by atoms with E-state index < -0.39 is 47.8 Å². The molecule has 0 unspecified atom stereocenters. The molecule has 2 aromatic carbocycles. The second-order valence-corrected chi connectivity index (χ2v) is 7.81. The van der Waals surface area contributed by atoms with Crippen molar-refractivity contribution in [2.75, 3.05) is 0 Å². The molecular formula is C25H22O12. The van der Waals surface area contributed by atoms with E-state index in [0.29, 0.717) is 0 Å². The Morgan fingerprint density at radius 1 is 0.676 bits per heavy atom. The summed E-state index contributed by atoms with van der Waals surface area (Å²) in [5.74, 6) is -5.14. The first-order chi connectivity index (χ1) is 17.3. The first kappa shape index (κ1) is 26.9. The summed E-state index contributed by atoms with van der Waals surface area (Å²) in [6.45, 7) is 5.63. The van der Waals surface area contributed by atoms with E-state index >= 15 is 0 Å². The SMILES string of the molecule is CC(=O)Oc1cc(OC(C)=O)c2c(c1)O[C@H](c1ccc(OC(C)=O)c(OC(C)=O)c1)[C@@H](OC(C)=O)C2=O. The third-order valence-electron chi connectivity index (χ3n) is 4.69. The van der Waals surface area contributed by atoms with Crippen molar-refractivity contribution in [3.8, 4) is 28.7 Å². The molecule has 12 heteroatoms. The van der Waals surface area contributed by atoms with Crippen LogP contribution in [0.4, 0.5) is 0 Å². The summed E-state index contributed by atoms with van der Waals surface area (Å²) in [6.07, 6.45) is -2.84. The van der Waals surface area contributed by atoms with Gasteiger partial charge in [0.1, 0.15) is 22.8 Å². The largest absolute Gasteiger partial charge is 0.480 e. The van der Waals surface area contributed by atoms with Gasteiger partial charge in [0.2, 0.25) is 11.9 Å². The van der Waals surface area contributed by atoms with Gasteiger partial charge < -0.3 is 28.4 Å². The van der Waals surface area contributed by atoms with E-state index in [4.69, 9.17) is 28.4 Å². The Morgan fingerprint density at radius 2 is 1.24 bits per heavy atom. The van der Waals surface area contributed by atoms with E-state index in [-0.39, 0.29) is 39.9 Å². The summed E-state index contributed by atoms with van der Waals surface area (Å²) in [5, 5.41) is 0. The second-order valence-electron chi connectivity index (χ2n) is 7.81. The fourth-order valence-electron chi connectivity index (χ4n) is 3.55. The molecule has 2 atom stereocenters. The van der Waals surface area contributed by atoms with Gasteiger partial charge in [0.25, 0.3) is 0 Å². The maximum absolute atomic E-state index is 13.5. The predicted octanol–water partition coefficient (Wildman–Crippen LogP) is 2.64. The van der Waals surface area contributed by atoms with Crippen LogP contribution in [0.2, 0.25) is 0 Å². The van der Waals surface area contributed by atoms with Crippen LogP contribution in [-0.2, 0) is 28.7 Å². The lowest BCUT2D eigenvalue weighted by atomic mass is 9.92. The quantitative estimate of drug-likeness (QED) is 0.410. The van der Waals surface area contributed by atoms with Gasteiger partial charge in [0.15, 0.2) is 17.6 Å².